The van der Waals surface area contributed by atoms with E-state index in [4.69, 9.17) is 15.2 Å². The second-order valence-corrected chi connectivity index (χ2v) is 4.64. The number of halogens is 1. The summed E-state index contributed by atoms with van der Waals surface area (Å²) in [5.74, 6) is 0.186. The number of rotatable bonds is 9. The van der Waals surface area contributed by atoms with Crippen LogP contribution >= 0.6 is 0 Å². The van der Waals surface area contributed by atoms with Gasteiger partial charge in [0.25, 0.3) is 0 Å². The number of nitrogens with two attached hydrogens (primary N) is 1. The minimum Gasteiger partial charge on any atom is -0.494 e. The number of hydrogen-bond acceptors (Lipinski definition) is 3. The molecule has 0 saturated carbocycles. The molecule has 0 bridgehead atoms. The Hall–Kier alpha value is -1.45. The van der Waals surface area contributed by atoms with Gasteiger partial charge in [-0.3, -0.25) is 0 Å². The number of anilines is 1. The third-order valence-electron chi connectivity index (χ3n) is 3.04. The van der Waals surface area contributed by atoms with Gasteiger partial charge in [0.2, 0.25) is 0 Å². The fourth-order valence-electron chi connectivity index (χ4n) is 1.90. The summed E-state index contributed by atoms with van der Waals surface area (Å²) in [5.41, 5.74) is 6.01. The summed E-state index contributed by atoms with van der Waals surface area (Å²) in [6.07, 6.45) is 7.20. The molecule has 0 aliphatic heterocycles. The van der Waals surface area contributed by atoms with Gasteiger partial charge in [0, 0.05) is 12.1 Å². The first-order valence-electron chi connectivity index (χ1n) is 6.94. The molecule has 0 saturated heterocycles. The summed E-state index contributed by atoms with van der Waals surface area (Å²) in [4.78, 5) is 0. The van der Waals surface area contributed by atoms with Crippen LogP contribution in [0.1, 0.15) is 45.4 Å². The average Bonchev–Trinajstić information content (AvgIpc) is 2.40. The molecule has 1 aromatic rings. The standard InChI is InChI=1S/C15H24FNO2/c1-3-4-5-6-7-8-9-19-15-11-14(18-2)12(16)10-13(15)17/h10-11H,3-9,17H2,1-2H3. The maximum Gasteiger partial charge on any atom is 0.167 e. The number of nitrogen functional groups attached to an aromatic ring is 1. The van der Waals surface area contributed by atoms with Crippen molar-refractivity contribution in [1.82, 2.24) is 0 Å². The van der Waals surface area contributed by atoms with E-state index < -0.39 is 5.82 Å². The van der Waals surface area contributed by atoms with Gasteiger partial charge in [-0.2, -0.15) is 0 Å². The fourth-order valence-corrected chi connectivity index (χ4v) is 1.90. The Morgan fingerprint density at radius 2 is 1.74 bits per heavy atom. The molecule has 19 heavy (non-hydrogen) atoms. The van der Waals surface area contributed by atoms with E-state index in [-0.39, 0.29) is 5.75 Å². The number of methoxy groups -OCH3 is 1. The minimum absolute atomic E-state index is 0.159. The van der Waals surface area contributed by atoms with Crippen molar-refractivity contribution < 1.29 is 13.9 Å². The van der Waals surface area contributed by atoms with Crippen LogP contribution in [0.4, 0.5) is 10.1 Å². The molecule has 3 nitrogen and oxygen atoms in total. The van der Waals surface area contributed by atoms with Crippen molar-refractivity contribution in [3.05, 3.63) is 17.9 Å². The van der Waals surface area contributed by atoms with Crippen LogP contribution in [0.2, 0.25) is 0 Å². The van der Waals surface area contributed by atoms with Crippen molar-refractivity contribution in [2.24, 2.45) is 0 Å². The largest absolute Gasteiger partial charge is 0.494 e. The molecule has 1 aromatic carbocycles. The molecule has 0 radical (unpaired) electrons. The zero-order chi connectivity index (χ0) is 14.1. The van der Waals surface area contributed by atoms with Crippen LogP contribution < -0.4 is 15.2 Å². The van der Waals surface area contributed by atoms with Crippen LogP contribution in [0, 0.1) is 5.82 Å². The second kappa shape index (κ2) is 8.62. The Labute approximate surface area is 114 Å². The van der Waals surface area contributed by atoms with Crippen LogP contribution in [0.25, 0.3) is 0 Å². The van der Waals surface area contributed by atoms with Gasteiger partial charge in [-0.05, 0) is 6.42 Å². The lowest BCUT2D eigenvalue weighted by atomic mass is 10.1. The van der Waals surface area contributed by atoms with E-state index in [1.807, 2.05) is 0 Å². The van der Waals surface area contributed by atoms with Crippen LogP contribution in [-0.4, -0.2) is 13.7 Å². The lowest BCUT2D eigenvalue weighted by molar-refractivity contribution is 0.302. The Balaban J connectivity index is 2.33. The van der Waals surface area contributed by atoms with E-state index in [0.29, 0.717) is 18.0 Å². The quantitative estimate of drug-likeness (QED) is 0.541. The molecule has 108 valence electrons. The monoisotopic (exact) mass is 269 g/mol. The number of ether oxygens (including phenoxy) is 2. The Bertz CT molecular complexity index is 383. The van der Waals surface area contributed by atoms with Gasteiger partial charge >= 0.3 is 0 Å². The summed E-state index contributed by atoms with van der Waals surface area (Å²) in [6, 6.07) is 2.73. The van der Waals surface area contributed by atoms with E-state index in [1.54, 1.807) is 0 Å². The second-order valence-electron chi connectivity index (χ2n) is 4.64. The molecule has 4 heteroatoms. The molecule has 0 amide bonds. The SMILES string of the molecule is CCCCCCCCOc1cc(OC)c(F)cc1N. The van der Waals surface area contributed by atoms with E-state index in [0.717, 1.165) is 12.8 Å². The van der Waals surface area contributed by atoms with Crippen molar-refractivity contribution >= 4 is 5.69 Å². The zero-order valence-electron chi connectivity index (χ0n) is 11.9. The summed E-state index contributed by atoms with van der Waals surface area (Å²) < 4.78 is 23.8. The van der Waals surface area contributed by atoms with E-state index in [1.165, 1.54) is 44.9 Å². The first kappa shape index (κ1) is 15.6. The molecular weight excluding hydrogens is 245 g/mol. The van der Waals surface area contributed by atoms with E-state index in [2.05, 4.69) is 6.92 Å². The smallest absolute Gasteiger partial charge is 0.167 e. The van der Waals surface area contributed by atoms with Gasteiger partial charge in [-0.25, -0.2) is 4.39 Å². The Morgan fingerprint density at radius 1 is 1.05 bits per heavy atom. The molecule has 1 rings (SSSR count). The van der Waals surface area contributed by atoms with Crippen molar-refractivity contribution in [3.8, 4) is 11.5 Å². The number of unbranched alkanes of at least 4 members (excludes halogenated alkanes) is 5. The summed E-state index contributed by atoms with van der Waals surface area (Å²) >= 11 is 0. The third kappa shape index (κ3) is 5.37. The van der Waals surface area contributed by atoms with Crippen molar-refractivity contribution in [3.63, 3.8) is 0 Å². The van der Waals surface area contributed by atoms with Gasteiger partial charge in [0.1, 0.15) is 5.75 Å². The highest BCUT2D eigenvalue weighted by atomic mass is 19.1. The van der Waals surface area contributed by atoms with Crippen molar-refractivity contribution in [1.29, 1.82) is 0 Å². The van der Waals surface area contributed by atoms with Gasteiger partial charge in [-0.1, -0.05) is 39.0 Å². The topological polar surface area (TPSA) is 44.5 Å². The molecule has 0 atom stereocenters. The highest BCUT2D eigenvalue weighted by Crippen LogP contribution is 2.30. The Morgan fingerprint density at radius 3 is 2.42 bits per heavy atom. The van der Waals surface area contributed by atoms with Gasteiger partial charge in [0.05, 0.1) is 19.4 Å². The third-order valence-corrected chi connectivity index (χ3v) is 3.04. The maximum absolute atomic E-state index is 13.3. The Kier molecular flexibility index (Phi) is 7.08. The van der Waals surface area contributed by atoms with Crippen LogP contribution in [-0.2, 0) is 0 Å². The molecule has 2 N–H and O–H groups in total. The summed E-state index contributed by atoms with van der Waals surface area (Å²) in [7, 11) is 1.42. The molecular formula is C15H24FNO2. The number of benzene rings is 1. The first-order chi connectivity index (χ1) is 9.19. The molecule has 0 fully saturated rings. The highest BCUT2D eigenvalue weighted by molar-refractivity contribution is 5.56. The lowest BCUT2D eigenvalue weighted by Crippen LogP contribution is -2.02. The maximum atomic E-state index is 13.3. The van der Waals surface area contributed by atoms with Gasteiger partial charge < -0.3 is 15.2 Å². The molecule has 0 aliphatic rings. The highest BCUT2D eigenvalue weighted by Gasteiger charge is 2.09. The minimum atomic E-state index is -0.466. The van der Waals surface area contributed by atoms with Crippen molar-refractivity contribution in [2.45, 2.75) is 45.4 Å². The van der Waals surface area contributed by atoms with Crippen LogP contribution in [0.15, 0.2) is 12.1 Å². The van der Waals surface area contributed by atoms with Crippen LogP contribution in [0.3, 0.4) is 0 Å². The molecule has 0 aromatic heterocycles. The number of hydrogen-bond donors (Lipinski definition) is 1. The molecule has 0 aliphatic carbocycles. The predicted molar refractivity (Wildman–Crippen MR) is 76.2 cm³/mol. The lowest BCUT2D eigenvalue weighted by Gasteiger charge is -2.11. The van der Waals surface area contributed by atoms with Crippen LogP contribution in [0.5, 0.6) is 11.5 Å². The van der Waals surface area contributed by atoms with E-state index >= 15 is 0 Å². The first-order valence-corrected chi connectivity index (χ1v) is 6.94. The molecule has 0 spiro atoms. The molecule has 0 heterocycles. The summed E-state index contributed by atoms with van der Waals surface area (Å²) in [5, 5.41) is 0. The van der Waals surface area contributed by atoms with Gasteiger partial charge in [-0.15, -0.1) is 0 Å². The fraction of sp³-hybridized carbons (Fsp3) is 0.600. The van der Waals surface area contributed by atoms with E-state index in [9.17, 15) is 4.39 Å². The summed E-state index contributed by atoms with van der Waals surface area (Å²) in [6.45, 7) is 2.80. The van der Waals surface area contributed by atoms with Gasteiger partial charge in [0.15, 0.2) is 11.6 Å². The van der Waals surface area contributed by atoms with Crippen molar-refractivity contribution in [2.75, 3.05) is 19.5 Å². The normalized spacial score (nSPS) is 10.5. The molecule has 0 unspecified atom stereocenters. The zero-order valence-corrected chi connectivity index (χ0v) is 11.9. The predicted octanol–water partition coefficient (Wildman–Crippen LogP) is 4.16. The average molecular weight is 269 g/mol.